The summed E-state index contributed by atoms with van der Waals surface area (Å²) in [5.74, 6) is 0. The summed E-state index contributed by atoms with van der Waals surface area (Å²) in [5.41, 5.74) is 10.4. The number of amides is 2. The molecule has 4 N–H and O–H groups in total. The zero-order chi connectivity index (χ0) is 18.4. The van der Waals surface area contributed by atoms with Crippen LogP contribution in [0.4, 0.5) is 4.79 Å². The van der Waals surface area contributed by atoms with Crippen LogP contribution in [0.2, 0.25) is 0 Å². The molecule has 2 aromatic carbocycles. The van der Waals surface area contributed by atoms with Crippen LogP contribution in [0.25, 0.3) is 11.0 Å². The summed E-state index contributed by atoms with van der Waals surface area (Å²) in [6.45, 7) is 2.70. The molecule has 5 heteroatoms. The first-order valence-electron chi connectivity index (χ1n) is 8.98. The lowest BCUT2D eigenvalue weighted by Gasteiger charge is -2.14. The molecule has 0 saturated heterocycles. The van der Waals surface area contributed by atoms with Crippen molar-refractivity contribution in [2.75, 3.05) is 6.54 Å². The summed E-state index contributed by atoms with van der Waals surface area (Å²) in [6, 6.07) is 16.0. The van der Waals surface area contributed by atoms with Crippen LogP contribution in [-0.2, 0) is 19.3 Å². The first-order valence-corrected chi connectivity index (χ1v) is 8.98. The van der Waals surface area contributed by atoms with Gasteiger partial charge < -0.3 is 20.8 Å². The molecule has 0 aliphatic rings. The van der Waals surface area contributed by atoms with Crippen molar-refractivity contribution in [1.29, 1.82) is 0 Å². The zero-order valence-corrected chi connectivity index (χ0v) is 15.0. The van der Waals surface area contributed by atoms with Crippen molar-refractivity contribution in [3.8, 4) is 0 Å². The Kier molecular flexibility index (Phi) is 5.92. The number of aryl methyl sites for hydroxylation is 1. The van der Waals surface area contributed by atoms with Crippen molar-refractivity contribution < 1.29 is 9.21 Å². The summed E-state index contributed by atoms with van der Waals surface area (Å²) in [5, 5.41) is 6.67. The van der Waals surface area contributed by atoms with Gasteiger partial charge in [0.1, 0.15) is 5.58 Å². The molecule has 3 aromatic rings. The van der Waals surface area contributed by atoms with Gasteiger partial charge in [-0.05, 0) is 30.0 Å². The van der Waals surface area contributed by atoms with Crippen molar-refractivity contribution in [3.63, 3.8) is 0 Å². The minimum Gasteiger partial charge on any atom is -0.464 e. The van der Waals surface area contributed by atoms with Gasteiger partial charge in [-0.1, -0.05) is 49.4 Å². The van der Waals surface area contributed by atoms with E-state index in [0.717, 1.165) is 29.4 Å². The lowest BCUT2D eigenvalue weighted by molar-refractivity contribution is 0.237. The minimum absolute atomic E-state index is 0.253. The summed E-state index contributed by atoms with van der Waals surface area (Å²) >= 11 is 0. The maximum absolute atomic E-state index is 12.0. The minimum atomic E-state index is -0.473. The van der Waals surface area contributed by atoms with Crippen LogP contribution in [0.1, 0.15) is 23.6 Å². The Morgan fingerprint density at radius 1 is 1.15 bits per heavy atom. The first-order chi connectivity index (χ1) is 12.7. The molecule has 2 amide bonds. The van der Waals surface area contributed by atoms with Crippen LogP contribution in [0.5, 0.6) is 0 Å². The lowest BCUT2D eigenvalue weighted by Crippen LogP contribution is -2.48. The molecule has 1 unspecified atom stereocenters. The van der Waals surface area contributed by atoms with Crippen molar-refractivity contribution in [2.45, 2.75) is 32.4 Å². The lowest BCUT2D eigenvalue weighted by atomic mass is 10.1. The van der Waals surface area contributed by atoms with E-state index >= 15 is 0 Å². The Balaban J connectivity index is 1.45. The maximum Gasteiger partial charge on any atom is 0.316 e. The van der Waals surface area contributed by atoms with Gasteiger partial charge >= 0.3 is 6.03 Å². The van der Waals surface area contributed by atoms with Crippen molar-refractivity contribution in [1.82, 2.24) is 10.6 Å². The Morgan fingerprint density at radius 3 is 2.81 bits per heavy atom. The van der Waals surface area contributed by atoms with E-state index in [1.165, 1.54) is 11.1 Å². The number of nitrogens with two attached hydrogens (primary N) is 1. The molecule has 136 valence electrons. The first kappa shape index (κ1) is 18.0. The fourth-order valence-electron chi connectivity index (χ4n) is 3.02. The number of carbonyl (C=O) groups is 1. The third-order valence-corrected chi connectivity index (χ3v) is 4.42. The number of hydrogen-bond acceptors (Lipinski definition) is 3. The highest BCUT2D eigenvalue weighted by Gasteiger charge is 2.12. The zero-order valence-electron chi connectivity index (χ0n) is 15.0. The van der Waals surface area contributed by atoms with Crippen molar-refractivity contribution >= 4 is 17.0 Å². The van der Waals surface area contributed by atoms with Gasteiger partial charge in [0.2, 0.25) is 0 Å². The molecule has 0 bridgehead atoms. The van der Waals surface area contributed by atoms with Crippen molar-refractivity contribution in [3.05, 3.63) is 71.5 Å². The van der Waals surface area contributed by atoms with Gasteiger partial charge in [0, 0.05) is 23.9 Å². The summed E-state index contributed by atoms with van der Waals surface area (Å²) in [6.07, 6.45) is 3.55. The molecular formula is C21H25N3O2. The molecule has 0 radical (unpaired) electrons. The molecule has 1 atom stereocenters. The van der Waals surface area contributed by atoms with E-state index in [9.17, 15) is 4.79 Å². The fourth-order valence-corrected chi connectivity index (χ4v) is 3.02. The number of nitrogens with one attached hydrogen (secondary N) is 2. The average molecular weight is 351 g/mol. The molecule has 0 saturated carbocycles. The second kappa shape index (κ2) is 8.54. The quantitative estimate of drug-likeness (QED) is 0.571. The standard InChI is InChI=1S/C21H25N3O2/c1-2-15-6-5-7-16(12-15)10-11-23-21(25)24-20(22)13-17-14-26-19-9-4-3-8-18(17)19/h3-9,12,14,20H,2,10-11,13,22H2,1H3,(H2,23,24,25). The Morgan fingerprint density at radius 2 is 1.96 bits per heavy atom. The number of carbonyl (C=O) groups excluding carboxylic acids is 1. The molecule has 0 aliphatic heterocycles. The molecule has 1 aromatic heterocycles. The summed E-state index contributed by atoms with van der Waals surface area (Å²) in [4.78, 5) is 12.0. The van der Waals surface area contributed by atoms with Crippen LogP contribution in [0.15, 0.2) is 59.2 Å². The van der Waals surface area contributed by atoms with Crippen LogP contribution >= 0.6 is 0 Å². The van der Waals surface area contributed by atoms with Gasteiger partial charge in [-0.25, -0.2) is 4.79 Å². The molecule has 1 heterocycles. The highest BCUT2D eigenvalue weighted by molar-refractivity contribution is 5.81. The van der Waals surface area contributed by atoms with Gasteiger partial charge in [-0.2, -0.15) is 0 Å². The normalized spacial score (nSPS) is 12.1. The molecule has 3 rings (SSSR count). The highest BCUT2D eigenvalue weighted by Crippen LogP contribution is 2.21. The molecular weight excluding hydrogens is 326 g/mol. The van der Waals surface area contributed by atoms with E-state index in [-0.39, 0.29) is 6.03 Å². The SMILES string of the molecule is CCc1cccc(CCNC(=O)NC(N)Cc2coc3ccccc23)c1. The number of furan rings is 1. The van der Waals surface area contributed by atoms with Gasteiger partial charge in [0.15, 0.2) is 0 Å². The molecule has 0 aliphatic carbocycles. The molecule has 5 nitrogen and oxygen atoms in total. The van der Waals surface area contributed by atoms with E-state index in [1.54, 1.807) is 6.26 Å². The highest BCUT2D eigenvalue weighted by atomic mass is 16.3. The second-order valence-electron chi connectivity index (χ2n) is 6.39. The van der Waals surface area contributed by atoms with E-state index in [1.807, 2.05) is 24.3 Å². The summed E-state index contributed by atoms with van der Waals surface area (Å²) in [7, 11) is 0. The molecule has 0 fully saturated rings. The monoisotopic (exact) mass is 351 g/mol. The van der Waals surface area contributed by atoms with Gasteiger partial charge in [0.05, 0.1) is 12.4 Å². The largest absolute Gasteiger partial charge is 0.464 e. The number of fused-ring (bicyclic) bond motifs is 1. The summed E-state index contributed by atoms with van der Waals surface area (Å²) < 4.78 is 5.50. The van der Waals surface area contributed by atoms with Crippen LogP contribution in [-0.4, -0.2) is 18.7 Å². The Hall–Kier alpha value is -2.79. The smallest absolute Gasteiger partial charge is 0.316 e. The van der Waals surface area contributed by atoms with Crippen LogP contribution in [0, 0.1) is 0 Å². The predicted molar refractivity (Wildman–Crippen MR) is 104 cm³/mol. The fraction of sp³-hybridized carbons (Fsp3) is 0.286. The molecule has 26 heavy (non-hydrogen) atoms. The topological polar surface area (TPSA) is 80.3 Å². The maximum atomic E-state index is 12.0. The molecule has 0 spiro atoms. The van der Waals surface area contributed by atoms with E-state index < -0.39 is 6.17 Å². The van der Waals surface area contributed by atoms with Gasteiger partial charge in [0.25, 0.3) is 0 Å². The van der Waals surface area contributed by atoms with Crippen LogP contribution in [0.3, 0.4) is 0 Å². The second-order valence-corrected chi connectivity index (χ2v) is 6.39. The Bertz CT molecular complexity index is 872. The van der Waals surface area contributed by atoms with E-state index in [2.05, 4.69) is 41.8 Å². The Labute approximate surface area is 153 Å². The van der Waals surface area contributed by atoms with Crippen LogP contribution < -0.4 is 16.4 Å². The third kappa shape index (κ3) is 4.64. The van der Waals surface area contributed by atoms with Crippen molar-refractivity contribution in [2.24, 2.45) is 5.73 Å². The predicted octanol–water partition coefficient (Wildman–Crippen LogP) is 3.36. The van der Waals surface area contributed by atoms with Gasteiger partial charge in [-0.3, -0.25) is 0 Å². The number of benzene rings is 2. The number of hydrogen-bond donors (Lipinski definition) is 3. The van der Waals surface area contributed by atoms with E-state index in [4.69, 9.17) is 10.2 Å². The van der Waals surface area contributed by atoms with E-state index in [0.29, 0.717) is 13.0 Å². The number of para-hydroxylation sites is 1. The average Bonchev–Trinajstić information content (AvgIpc) is 3.05. The third-order valence-electron chi connectivity index (χ3n) is 4.42. The van der Waals surface area contributed by atoms with Gasteiger partial charge in [-0.15, -0.1) is 0 Å². The number of rotatable bonds is 7. The number of urea groups is 1.